The Morgan fingerprint density at radius 1 is 1.23 bits per heavy atom. The molecule has 1 fully saturated rings. The molecule has 2 heterocycles. The molecule has 10 nitrogen and oxygen atoms in total. The molecule has 1 aromatic heterocycles. The summed E-state index contributed by atoms with van der Waals surface area (Å²) in [7, 11) is 6.88. The minimum absolute atomic E-state index is 0.0595. The summed E-state index contributed by atoms with van der Waals surface area (Å²) in [5.41, 5.74) is 0.228. The van der Waals surface area contributed by atoms with Crippen molar-refractivity contribution >= 4 is 34.6 Å². The number of methoxy groups -OCH3 is 2. The molecule has 0 amide bonds. The van der Waals surface area contributed by atoms with Crippen molar-refractivity contribution in [3.05, 3.63) is 33.6 Å². The summed E-state index contributed by atoms with van der Waals surface area (Å²) >= 11 is 6.22. The minimum Gasteiger partial charge on any atom is -0.495 e. The van der Waals surface area contributed by atoms with E-state index >= 15 is 0 Å². The van der Waals surface area contributed by atoms with Crippen LogP contribution in [-0.2, 0) is 0 Å². The number of hydrogen-bond acceptors (Lipinski definition) is 9. The molecular formula is C19H25ClN6O4. The van der Waals surface area contributed by atoms with Crippen LogP contribution in [0, 0.1) is 10.1 Å². The Bertz CT molecular complexity index is 920. The minimum atomic E-state index is -0.472. The van der Waals surface area contributed by atoms with Crippen molar-refractivity contribution in [2.24, 2.45) is 0 Å². The van der Waals surface area contributed by atoms with Gasteiger partial charge in [-0.2, -0.15) is 0 Å². The summed E-state index contributed by atoms with van der Waals surface area (Å²) in [4.78, 5) is 23.9. The second-order valence-corrected chi connectivity index (χ2v) is 7.52. The number of hydrogen-bond donors (Lipinski definition) is 1. The van der Waals surface area contributed by atoms with Crippen LogP contribution in [0.25, 0.3) is 0 Å². The van der Waals surface area contributed by atoms with E-state index in [4.69, 9.17) is 21.1 Å². The van der Waals surface area contributed by atoms with Gasteiger partial charge in [0.25, 0.3) is 0 Å². The van der Waals surface area contributed by atoms with Crippen LogP contribution in [0.3, 0.4) is 0 Å². The van der Waals surface area contributed by atoms with E-state index in [0.29, 0.717) is 22.2 Å². The summed E-state index contributed by atoms with van der Waals surface area (Å²) in [6.07, 6.45) is 3.12. The molecule has 1 saturated heterocycles. The molecule has 0 bridgehead atoms. The standard InChI is InChI=1S/C19H25ClN6O4/c1-24-7-5-12(6-8-24)25(2)19-17(26(27)28)18(21-11-22-19)23-14-9-13(20)15(29-3)10-16(14)30-4/h9-12H,5-8H2,1-4H3,(H,21,22,23). The number of halogens is 1. The number of nitro groups is 1. The van der Waals surface area contributed by atoms with E-state index in [1.807, 2.05) is 11.9 Å². The Hall–Kier alpha value is -2.85. The zero-order chi connectivity index (χ0) is 21.8. The van der Waals surface area contributed by atoms with E-state index in [9.17, 15) is 10.1 Å². The van der Waals surface area contributed by atoms with Gasteiger partial charge in [-0.05, 0) is 39.0 Å². The molecule has 3 rings (SSSR count). The van der Waals surface area contributed by atoms with Gasteiger partial charge in [-0.25, -0.2) is 9.97 Å². The largest absolute Gasteiger partial charge is 0.495 e. The molecule has 0 spiro atoms. The highest BCUT2D eigenvalue weighted by Gasteiger charge is 2.30. The highest BCUT2D eigenvalue weighted by Crippen LogP contribution is 2.40. The van der Waals surface area contributed by atoms with Gasteiger partial charge in [-0.15, -0.1) is 0 Å². The molecular weight excluding hydrogens is 412 g/mol. The van der Waals surface area contributed by atoms with Gasteiger partial charge in [-0.3, -0.25) is 10.1 Å². The van der Waals surface area contributed by atoms with Crippen molar-refractivity contribution in [2.45, 2.75) is 18.9 Å². The average Bonchev–Trinajstić information content (AvgIpc) is 2.73. The summed E-state index contributed by atoms with van der Waals surface area (Å²) in [5.74, 6) is 1.17. The Labute approximate surface area is 179 Å². The SMILES string of the molecule is COc1cc(OC)c(Nc2ncnc(N(C)C3CCN(C)CC3)c2[N+](=O)[O-])cc1Cl. The molecule has 162 valence electrons. The molecule has 11 heteroatoms. The molecule has 1 aromatic carbocycles. The fourth-order valence-electron chi connectivity index (χ4n) is 3.53. The summed E-state index contributed by atoms with van der Waals surface area (Å²) in [6, 6.07) is 3.34. The van der Waals surface area contributed by atoms with Crippen molar-refractivity contribution in [1.29, 1.82) is 0 Å². The topological polar surface area (TPSA) is 106 Å². The highest BCUT2D eigenvalue weighted by molar-refractivity contribution is 6.32. The first-order valence-corrected chi connectivity index (χ1v) is 9.82. The smallest absolute Gasteiger partial charge is 0.353 e. The zero-order valence-electron chi connectivity index (χ0n) is 17.4. The molecule has 1 N–H and O–H groups in total. The van der Waals surface area contributed by atoms with Gasteiger partial charge in [0, 0.05) is 19.2 Å². The third-order valence-corrected chi connectivity index (χ3v) is 5.58. The van der Waals surface area contributed by atoms with Crippen LogP contribution in [0.4, 0.5) is 23.0 Å². The Morgan fingerprint density at radius 3 is 2.50 bits per heavy atom. The lowest BCUT2D eigenvalue weighted by Crippen LogP contribution is -2.42. The van der Waals surface area contributed by atoms with Crippen LogP contribution < -0.4 is 19.7 Å². The lowest BCUT2D eigenvalue weighted by atomic mass is 10.0. The second-order valence-electron chi connectivity index (χ2n) is 7.11. The van der Waals surface area contributed by atoms with E-state index in [-0.39, 0.29) is 23.4 Å². The average molecular weight is 437 g/mol. The molecule has 1 aliphatic heterocycles. The van der Waals surface area contributed by atoms with E-state index in [1.165, 1.54) is 20.5 Å². The number of aromatic nitrogens is 2. The Kier molecular flexibility index (Phi) is 6.78. The van der Waals surface area contributed by atoms with Crippen LogP contribution >= 0.6 is 11.6 Å². The van der Waals surface area contributed by atoms with E-state index in [0.717, 1.165) is 25.9 Å². The zero-order valence-corrected chi connectivity index (χ0v) is 18.1. The van der Waals surface area contributed by atoms with Crippen LogP contribution in [0.2, 0.25) is 5.02 Å². The summed E-state index contributed by atoms with van der Waals surface area (Å²) < 4.78 is 10.6. The number of nitrogens with one attached hydrogen (secondary N) is 1. The maximum Gasteiger partial charge on any atom is 0.353 e. The summed E-state index contributed by atoms with van der Waals surface area (Å²) in [5, 5.41) is 15.3. The lowest BCUT2D eigenvalue weighted by Gasteiger charge is -2.35. The molecule has 0 atom stereocenters. The van der Waals surface area contributed by atoms with Gasteiger partial charge in [0.15, 0.2) is 0 Å². The first-order chi connectivity index (χ1) is 14.3. The van der Waals surface area contributed by atoms with E-state index < -0.39 is 4.92 Å². The van der Waals surface area contributed by atoms with Crippen molar-refractivity contribution in [1.82, 2.24) is 14.9 Å². The highest BCUT2D eigenvalue weighted by atomic mass is 35.5. The van der Waals surface area contributed by atoms with Crippen molar-refractivity contribution < 1.29 is 14.4 Å². The number of rotatable bonds is 7. The Morgan fingerprint density at radius 2 is 1.90 bits per heavy atom. The lowest BCUT2D eigenvalue weighted by molar-refractivity contribution is -0.383. The van der Waals surface area contributed by atoms with Crippen LogP contribution in [0.15, 0.2) is 18.5 Å². The third kappa shape index (κ3) is 4.49. The number of anilines is 3. The Balaban J connectivity index is 1.98. The first-order valence-electron chi connectivity index (χ1n) is 9.45. The van der Waals surface area contributed by atoms with Crippen LogP contribution in [0.1, 0.15) is 12.8 Å². The van der Waals surface area contributed by atoms with Gasteiger partial charge in [0.05, 0.1) is 29.9 Å². The normalized spacial score (nSPS) is 15.0. The number of nitrogens with zero attached hydrogens (tertiary/aromatic N) is 5. The quantitative estimate of drug-likeness (QED) is 0.516. The van der Waals surface area contributed by atoms with Crippen molar-refractivity contribution in [2.75, 3.05) is 51.6 Å². The third-order valence-electron chi connectivity index (χ3n) is 5.28. The number of ether oxygens (including phenoxy) is 2. The van der Waals surface area contributed by atoms with Crippen LogP contribution in [0.5, 0.6) is 11.5 Å². The second kappa shape index (κ2) is 9.31. The van der Waals surface area contributed by atoms with Gasteiger partial charge in [0.2, 0.25) is 11.6 Å². The van der Waals surface area contributed by atoms with E-state index in [2.05, 4.69) is 27.2 Å². The van der Waals surface area contributed by atoms with Gasteiger partial charge < -0.3 is 24.6 Å². The van der Waals surface area contributed by atoms with Crippen molar-refractivity contribution in [3.8, 4) is 11.5 Å². The molecule has 0 radical (unpaired) electrons. The fourth-order valence-corrected chi connectivity index (χ4v) is 3.77. The maximum absolute atomic E-state index is 12.0. The summed E-state index contributed by atoms with van der Waals surface area (Å²) in [6.45, 7) is 1.86. The van der Waals surface area contributed by atoms with E-state index in [1.54, 1.807) is 12.1 Å². The monoisotopic (exact) mass is 436 g/mol. The molecule has 1 aliphatic rings. The van der Waals surface area contributed by atoms with Gasteiger partial charge in [-0.1, -0.05) is 11.6 Å². The van der Waals surface area contributed by atoms with Gasteiger partial charge >= 0.3 is 5.69 Å². The predicted octanol–water partition coefficient (Wildman–Crippen LogP) is 3.33. The number of piperidine rings is 1. The molecule has 0 unspecified atom stereocenters. The number of benzene rings is 1. The molecule has 30 heavy (non-hydrogen) atoms. The predicted molar refractivity (Wildman–Crippen MR) is 115 cm³/mol. The number of likely N-dealkylation sites (tertiary alicyclic amines) is 1. The van der Waals surface area contributed by atoms with Crippen molar-refractivity contribution in [3.63, 3.8) is 0 Å². The van der Waals surface area contributed by atoms with Crippen LogP contribution in [-0.4, -0.2) is 67.2 Å². The molecule has 2 aromatic rings. The van der Waals surface area contributed by atoms with Gasteiger partial charge in [0.1, 0.15) is 17.8 Å². The maximum atomic E-state index is 12.0. The molecule has 0 saturated carbocycles. The first kappa shape index (κ1) is 21.8. The molecule has 0 aliphatic carbocycles. The fraction of sp³-hybridized carbons (Fsp3) is 0.474.